The molecule has 4 aromatic rings. The molecule has 3 aliphatic rings. The van der Waals surface area contributed by atoms with Crippen molar-refractivity contribution in [2.75, 3.05) is 81.4 Å². The van der Waals surface area contributed by atoms with Gasteiger partial charge in [-0.15, -0.1) is 11.8 Å². The predicted molar refractivity (Wildman–Crippen MR) is 254 cm³/mol. The number of sulfonamides is 1. The number of sulfone groups is 1. The van der Waals surface area contributed by atoms with Crippen molar-refractivity contribution < 1.29 is 34.8 Å². The summed E-state index contributed by atoms with van der Waals surface area (Å²) in [5, 5.41) is 7.00. The lowest BCUT2D eigenvalue weighted by atomic mass is 9.72. The van der Waals surface area contributed by atoms with Gasteiger partial charge in [0.1, 0.15) is 4.90 Å². The zero-order valence-electron chi connectivity index (χ0n) is 36.5. The number of thioether (sulfide) groups is 1. The van der Waals surface area contributed by atoms with E-state index in [1.807, 2.05) is 47.2 Å². The Kier molecular flexibility index (Phi) is 15.6. The SMILES string of the molecule is CC1(C)CCC(CN2CCN(c3ccc(C(=O)NS(=O)(=O)c4ccc(NC(CCN5CCNCC5)CSc5ccccc5)c(S(=O)(=O)C(F)(F)F)c4)cc3)CC2)=C(c2ccc(Cl)cc2)C1. The molecule has 7 rings (SSSR count). The molecule has 0 radical (unpaired) electrons. The fourth-order valence-corrected chi connectivity index (χ4v) is 11.6. The molecule has 1 unspecified atom stereocenters. The molecule has 0 spiro atoms. The van der Waals surface area contributed by atoms with Gasteiger partial charge in [-0.3, -0.25) is 9.69 Å². The summed E-state index contributed by atoms with van der Waals surface area (Å²) in [6.07, 6.45) is 3.63. The van der Waals surface area contributed by atoms with E-state index in [1.165, 1.54) is 40.6 Å². The van der Waals surface area contributed by atoms with E-state index in [9.17, 15) is 34.8 Å². The third-order valence-corrected chi connectivity index (χ3v) is 16.6. The molecule has 2 fully saturated rings. The number of allylic oxidation sites excluding steroid dienone is 1. The number of hydrogen-bond acceptors (Lipinski definition) is 11. The molecule has 0 bridgehead atoms. The molecule has 2 aliphatic heterocycles. The maximum Gasteiger partial charge on any atom is 0.501 e. The van der Waals surface area contributed by atoms with Crippen molar-refractivity contribution >= 4 is 66.1 Å². The number of halogens is 4. The summed E-state index contributed by atoms with van der Waals surface area (Å²) in [5.74, 6) is -0.633. The van der Waals surface area contributed by atoms with E-state index < -0.39 is 47.1 Å². The monoisotopic (exact) mass is 972 g/mol. The second-order valence-corrected chi connectivity index (χ2v) is 22.7. The first-order valence-corrected chi connectivity index (χ1v) is 26.1. The Morgan fingerprint density at radius 3 is 2.20 bits per heavy atom. The van der Waals surface area contributed by atoms with Crippen molar-refractivity contribution in [1.29, 1.82) is 0 Å². The number of anilines is 2. The van der Waals surface area contributed by atoms with Crippen LogP contribution in [0, 0.1) is 5.41 Å². The maximum absolute atomic E-state index is 14.2. The lowest BCUT2D eigenvalue weighted by Gasteiger charge is -2.39. The Labute approximate surface area is 390 Å². The van der Waals surface area contributed by atoms with Crippen LogP contribution in [0.3, 0.4) is 0 Å². The van der Waals surface area contributed by atoms with Crippen LogP contribution in [0.25, 0.3) is 5.57 Å². The van der Waals surface area contributed by atoms with Crippen molar-refractivity contribution in [2.24, 2.45) is 5.41 Å². The second-order valence-electron chi connectivity index (χ2n) is 17.6. The van der Waals surface area contributed by atoms with E-state index in [-0.39, 0.29) is 16.7 Å². The molecular weight excluding hydrogens is 917 g/mol. The molecule has 65 heavy (non-hydrogen) atoms. The number of piperazine rings is 2. The van der Waals surface area contributed by atoms with Gasteiger partial charge in [-0.1, -0.05) is 61.4 Å². The second kappa shape index (κ2) is 20.8. The highest BCUT2D eigenvalue weighted by Crippen LogP contribution is 2.43. The summed E-state index contributed by atoms with van der Waals surface area (Å²) in [6.45, 7) is 12.4. The lowest BCUT2D eigenvalue weighted by Crippen LogP contribution is -2.47. The van der Waals surface area contributed by atoms with Crippen LogP contribution in [-0.2, 0) is 19.9 Å². The molecule has 4 aromatic carbocycles. The minimum Gasteiger partial charge on any atom is -0.380 e. The smallest absolute Gasteiger partial charge is 0.380 e. The summed E-state index contributed by atoms with van der Waals surface area (Å²) in [7, 11) is -10.9. The van der Waals surface area contributed by atoms with Crippen LogP contribution in [-0.4, -0.2) is 115 Å². The Hall–Kier alpha value is -4.10. The summed E-state index contributed by atoms with van der Waals surface area (Å²) >= 11 is 7.66. The average Bonchev–Trinajstić information content (AvgIpc) is 3.28. The van der Waals surface area contributed by atoms with Gasteiger partial charge in [-0.05, 0) is 109 Å². The number of alkyl halides is 3. The highest BCUT2D eigenvalue weighted by Gasteiger charge is 2.48. The van der Waals surface area contributed by atoms with Crippen molar-refractivity contribution in [1.82, 2.24) is 19.8 Å². The average molecular weight is 974 g/mol. The summed E-state index contributed by atoms with van der Waals surface area (Å²) in [5.41, 5.74) is -0.986. The zero-order chi connectivity index (χ0) is 46.4. The molecule has 18 heteroatoms. The largest absolute Gasteiger partial charge is 0.501 e. The fourth-order valence-electron chi connectivity index (χ4n) is 8.50. The summed E-state index contributed by atoms with van der Waals surface area (Å²) in [4.78, 5) is 19.1. The molecule has 350 valence electrons. The molecule has 1 amide bonds. The van der Waals surface area contributed by atoms with Gasteiger partial charge in [0, 0.05) is 98.4 Å². The van der Waals surface area contributed by atoms with Gasteiger partial charge >= 0.3 is 5.51 Å². The Morgan fingerprint density at radius 1 is 0.862 bits per heavy atom. The van der Waals surface area contributed by atoms with E-state index in [0.29, 0.717) is 29.8 Å². The van der Waals surface area contributed by atoms with Gasteiger partial charge in [-0.25, -0.2) is 21.6 Å². The van der Waals surface area contributed by atoms with Crippen LogP contribution >= 0.6 is 23.4 Å². The fraction of sp³-hybridized carbons (Fsp3) is 0.426. The summed E-state index contributed by atoms with van der Waals surface area (Å²) in [6, 6.07) is 25.9. The molecular formula is C47H56ClF3N6O5S3. The summed E-state index contributed by atoms with van der Waals surface area (Å²) < 4.78 is 97.7. The number of carbonyl (C=O) groups excluding carboxylic acids is 1. The zero-order valence-corrected chi connectivity index (χ0v) is 39.7. The lowest BCUT2D eigenvalue weighted by molar-refractivity contribution is -0.0435. The molecule has 0 saturated carbocycles. The number of nitrogens with one attached hydrogen (secondary N) is 3. The first-order chi connectivity index (χ1) is 30.9. The Morgan fingerprint density at radius 2 is 1.54 bits per heavy atom. The molecule has 3 N–H and O–H groups in total. The number of nitrogens with zero attached hydrogens (tertiary/aromatic N) is 3. The van der Waals surface area contributed by atoms with Gasteiger partial charge in [0.2, 0.25) is 0 Å². The Bertz CT molecular complexity index is 2530. The van der Waals surface area contributed by atoms with Crippen molar-refractivity contribution in [3.8, 4) is 0 Å². The number of rotatable bonds is 16. The number of hydrogen-bond donors (Lipinski definition) is 3. The van der Waals surface area contributed by atoms with Crippen LogP contribution in [0.4, 0.5) is 24.5 Å². The Balaban J connectivity index is 1.02. The van der Waals surface area contributed by atoms with Gasteiger partial charge in [0.15, 0.2) is 0 Å². The van der Waals surface area contributed by atoms with Crippen LogP contribution < -0.4 is 20.3 Å². The predicted octanol–water partition coefficient (Wildman–Crippen LogP) is 8.41. The topological polar surface area (TPSA) is 131 Å². The molecule has 11 nitrogen and oxygen atoms in total. The van der Waals surface area contributed by atoms with Crippen LogP contribution in [0.5, 0.6) is 0 Å². The molecule has 1 aliphatic carbocycles. The highest BCUT2D eigenvalue weighted by atomic mass is 35.5. The minimum atomic E-state index is -6.04. The molecule has 2 heterocycles. The minimum absolute atomic E-state index is 0.00233. The van der Waals surface area contributed by atoms with E-state index in [0.717, 1.165) is 101 Å². The third kappa shape index (κ3) is 12.7. The maximum atomic E-state index is 14.2. The van der Waals surface area contributed by atoms with E-state index in [1.54, 1.807) is 12.1 Å². The first-order valence-electron chi connectivity index (χ1n) is 21.8. The van der Waals surface area contributed by atoms with Crippen LogP contribution in [0.15, 0.2) is 117 Å². The number of amides is 1. The van der Waals surface area contributed by atoms with Gasteiger partial charge in [-0.2, -0.15) is 13.2 Å². The normalized spacial score (nSPS) is 18.3. The van der Waals surface area contributed by atoms with E-state index >= 15 is 0 Å². The first kappa shape index (κ1) is 48.8. The van der Waals surface area contributed by atoms with Crippen molar-refractivity contribution in [3.63, 3.8) is 0 Å². The van der Waals surface area contributed by atoms with Gasteiger partial charge in [0.25, 0.3) is 25.8 Å². The molecule has 1 atom stereocenters. The van der Waals surface area contributed by atoms with Crippen molar-refractivity contribution in [3.05, 3.63) is 119 Å². The van der Waals surface area contributed by atoms with Crippen LogP contribution in [0.2, 0.25) is 5.02 Å². The van der Waals surface area contributed by atoms with E-state index in [2.05, 4.69) is 51.3 Å². The van der Waals surface area contributed by atoms with E-state index in [4.69, 9.17) is 11.6 Å². The quantitative estimate of drug-likeness (QED) is 0.0937. The van der Waals surface area contributed by atoms with Gasteiger partial charge < -0.3 is 20.4 Å². The standard InChI is InChI=1S/C47H56ClF3N6O5S3/c1-46(2)20-18-36(42(31-46)34-8-12-37(48)13-9-34)32-56-26-28-57(29-27-56)39-14-10-35(11-15-39)45(58)54-65(61,62)41-16-17-43(44(30-41)64(59,60)47(49,50)51)53-38(19-23-55-24-21-52-22-25-55)33-63-40-6-4-3-5-7-40/h3-17,30,38,52-53H,18-29,31-33H2,1-2H3,(H,54,58). The highest BCUT2D eigenvalue weighted by molar-refractivity contribution is 7.99. The number of carbonyl (C=O) groups is 1. The van der Waals surface area contributed by atoms with Gasteiger partial charge in [0.05, 0.1) is 10.6 Å². The van der Waals surface area contributed by atoms with Crippen LogP contribution in [0.1, 0.15) is 55.5 Å². The molecule has 0 aromatic heterocycles. The third-order valence-electron chi connectivity index (χ3n) is 12.3. The number of benzene rings is 4. The van der Waals surface area contributed by atoms with Crippen molar-refractivity contribution in [2.45, 2.75) is 65.8 Å². The molecule has 2 saturated heterocycles.